The van der Waals surface area contributed by atoms with Crippen LogP contribution < -0.4 is 10.2 Å². The number of amides is 2. The number of anilines is 2. The van der Waals surface area contributed by atoms with Crippen LogP contribution in [0.2, 0.25) is 0 Å². The summed E-state index contributed by atoms with van der Waals surface area (Å²) in [6, 6.07) is 16.1. The molecule has 7 nitrogen and oxygen atoms in total. The molecule has 0 spiro atoms. The molecule has 2 amide bonds. The molecule has 0 fully saturated rings. The van der Waals surface area contributed by atoms with Gasteiger partial charge in [0.05, 0.1) is 11.4 Å². The molecule has 1 aliphatic heterocycles. The van der Waals surface area contributed by atoms with Gasteiger partial charge in [0, 0.05) is 10.9 Å². The van der Waals surface area contributed by atoms with E-state index in [0.717, 1.165) is 10.9 Å². The van der Waals surface area contributed by atoms with Gasteiger partial charge in [-0.25, -0.2) is 4.79 Å². The number of benzene rings is 2. The SMILES string of the molecule is C[C@H](OC(=O)c1cc2ccccc2[nH]1)C(=O)N1CC(=O)Nc2ccccc21. The number of para-hydroxylation sites is 3. The molecule has 136 valence electrons. The number of esters is 1. The number of carbonyl (C=O) groups excluding carboxylic acids is 3. The summed E-state index contributed by atoms with van der Waals surface area (Å²) in [5.41, 5.74) is 2.21. The third kappa shape index (κ3) is 3.15. The van der Waals surface area contributed by atoms with Crippen LogP contribution in [0.1, 0.15) is 17.4 Å². The molecule has 0 unspecified atom stereocenters. The quantitative estimate of drug-likeness (QED) is 0.700. The molecule has 2 N–H and O–H groups in total. The summed E-state index contributed by atoms with van der Waals surface area (Å²) in [6.07, 6.45) is -1.04. The molecule has 2 heterocycles. The molecular formula is C20H17N3O4. The van der Waals surface area contributed by atoms with Gasteiger partial charge in [-0.05, 0) is 31.2 Å². The van der Waals surface area contributed by atoms with Crippen LogP contribution >= 0.6 is 0 Å². The largest absolute Gasteiger partial charge is 0.448 e. The number of aromatic nitrogens is 1. The van der Waals surface area contributed by atoms with E-state index in [9.17, 15) is 14.4 Å². The fourth-order valence-electron chi connectivity index (χ4n) is 3.11. The highest BCUT2D eigenvalue weighted by atomic mass is 16.5. The van der Waals surface area contributed by atoms with Gasteiger partial charge in [0.15, 0.2) is 6.10 Å². The summed E-state index contributed by atoms with van der Waals surface area (Å²) in [7, 11) is 0. The van der Waals surface area contributed by atoms with Gasteiger partial charge in [-0.2, -0.15) is 0 Å². The lowest BCUT2D eigenvalue weighted by Crippen LogP contribution is -2.47. The molecule has 0 bridgehead atoms. The van der Waals surface area contributed by atoms with Crippen molar-refractivity contribution in [3.05, 3.63) is 60.3 Å². The van der Waals surface area contributed by atoms with Crippen molar-refractivity contribution in [3.8, 4) is 0 Å². The van der Waals surface area contributed by atoms with Crippen molar-refractivity contribution in [1.82, 2.24) is 4.98 Å². The summed E-state index contributed by atoms with van der Waals surface area (Å²) in [6.45, 7) is 1.38. The number of hydrogen-bond acceptors (Lipinski definition) is 4. The minimum absolute atomic E-state index is 0.121. The average Bonchev–Trinajstić information content (AvgIpc) is 3.11. The second-order valence-corrected chi connectivity index (χ2v) is 6.31. The molecule has 2 aromatic carbocycles. The van der Waals surface area contributed by atoms with Crippen molar-refractivity contribution in [2.45, 2.75) is 13.0 Å². The first-order valence-corrected chi connectivity index (χ1v) is 8.52. The third-order valence-electron chi connectivity index (χ3n) is 4.42. The van der Waals surface area contributed by atoms with Crippen LogP contribution in [0.25, 0.3) is 10.9 Å². The van der Waals surface area contributed by atoms with E-state index in [-0.39, 0.29) is 18.1 Å². The molecule has 0 saturated carbocycles. The highest BCUT2D eigenvalue weighted by Gasteiger charge is 2.31. The van der Waals surface area contributed by atoms with E-state index < -0.39 is 18.0 Å². The maximum absolute atomic E-state index is 12.8. The van der Waals surface area contributed by atoms with E-state index >= 15 is 0 Å². The maximum Gasteiger partial charge on any atom is 0.355 e. The van der Waals surface area contributed by atoms with Crippen LogP contribution in [-0.2, 0) is 14.3 Å². The molecule has 4 rings (SSSR count). The summed E-state index contributed by atoms with van der Waals surface area (Å²) in [5.74, 6) is -1.38. The van der Waals surface area contributed by atoms with E-state index in [1.807, 2.05) is 24.3 Å². The van der Waals surface area contributed by atoms with Crippen LogP contribution in [-0.4, -0.2) is 35.4 Å². The Hall–Kier alpha value is -3.61. The third-order valence-corrected chi connectivity index (χ3v) is 4.42. The van der Waals surface area contributed by atoms with Gasteiger partial charge in [-0.1, -0.05) is 30.3 Å². The van der Waals surface area contributed by atoms with Gasteiger partial charge in [0.1, 0.15) is 12.2 Å². The van der Waals surface area contributed by atoms with E-state index in [1.54, 1.807) is 30.3 Å². The van der Waals surface area contributed by atoms with E-state index in [1.165, 1.54) is 11.8 Å². The Balaban J connectivity index is 1.52. The number of carbonyl (C=O) groups is 3. The Kier molecular flexibility index (Phi) is 4.12. The first-order chi connectivity index (χ1) is 13.0. The number of fused-ring (bicyclic) bond motifs is 2. The molecule has 0 radical (unpaired) electrons. The van der Waals surface area contributed by atoms with Crippen molar-refractivity contribution in [2.24, 2.45) is 0 Å². The second-order valence-electron chi connectivity index (χ2n) is 6.31. The molecule has 3 aromatic rings. The number of rotatable bonds is 3. The summed E-state index contributed by atoms with van der Waals surface area (Å²) >= 11 is 0. The van der Waals surface area contributed by atoms with Gasteiger partial charge in [-0.15, -0.1) is 0 Å². The van der Waals surface area contributed by atoms with Crippen LogP contribution in [0.15, 0.2) is 54.6 Å². The number of nitrogens with one attached hydrogen (secondary N) is 2. The number of ether oxygens (including phenoxy) is 1. The van der Waals surface area contributed by atoms with Crippen LogP contribution in [0.5, 0.6) is 0 Å². The highest BCUT2D eigenvalue weighted by Crippen LogP contribution is 2.29. The van der Waals surface area contributed by atoms with Gasteiger partial charge >= 0.3 is 5.97 Å². The number of hydrogen-bond donors (Lipinski definition) is 2. The predicted octanol–water partition coefficient (Wildman–Crippen LogP) is 2.70. The zero-order valence-corrected chi connectivity index (χ0v) is 14.6. The zero-order chi connectivity index (χ0) is 19.0. The monoisotopic (exact) mass is 363 g/mol. The molecule has 1 aliphatic rings. The zero-order valence-electron chi connectivity index (χ0n) is 14.6. The topological polar surface area (TPSA) is 91.5 Å². The lowest BCUT2D eigenvalue weighted by Gasteiger charge is -2.30. The standard InChI is InChI=1S/C20H17N3O4/c1-12(27-20(26)16-10-13-6-2-3-7-14(13)21-16)19(25)23-11-18(24)22-15-8-4-5-9-17(15)23/h2-10,12,21H,11H2,1H3,(H,22,24)/t12-/m0/s1. The van der Waals surface area contributed by atoms with Gasteiger partial charge in [0.2, 0.25) is 5.91 Å². The average molecular weight is 363 g/mol. The maximum atomic E-state index is 12.8. The Morgan fingerprint density at radius 3 is 2.67 bits per heavy atom. The van der Waals surface area contributed by atoms with Crippen LogP contribution in [0.4, 0.5) is 11.4 Å². The Morgan fingerprint density at radius 1 is 1.11 bits per heavy atom. The van der Waals surface area contributed by atoms with Gasteiger partial charge < -0.3 is 15.0 Å². The predicted molar refractivity (Wildman–Crippen MR) is 101 cm³/mol. The van der Waals surface area contributed by atoms with Crippen molar-refractivity contribution in [1.29, 1.82) is 0 Å². The van der Waals surface area contributed by atoms with Crippen molar-refractivity contribution < 1.29 is 19.1 Å². The normalized spacial score (nSPS) is 14.4. The van der Waals surface area contributed by atoms with Crippen molar-refractivity contribution in [3.63, 3.8) is 0 Å². The highest BCUT2D eigenvalue weighted by molar-refractivity contribution is 6.11. The Bertz CT molecular complexity index is 1020. The van der Waals surface area contributed by atoms with Gasteiger partial charge in [0.25, 0.3) is 5.91 Å². The summed E-state index contributed by atoms with van der Waals surface area (Å²) < 4.78 is 5.34. The van der Waals surface area contributed by atoms with E-state index in [2.05, 4.69) is 10.3 Å². The summed E-state index contributed by atoms with van der Waals surface area (Å²) in [5, 5.41) is 3.60. The molecular weight excluding hydrogens is 346 g/mol. The molecule has 0 aliphatic carbocycles. The number of aromatic amines is 1. The van der Waals surface area contributed by atoms with Crippen LogP contribution in [0.3, 0.4) is 0 Å². The van der Waals surface area contributed by atoms with E-state index in [4.69, 9.17) is 4.74 Å². The Labute approximate surface area is 154 Å². The molecule has 1 aromatic heterocycles. The lowest BCUT2D eigenvalue weighted by atomic mass is 10.1. The van der Waals surface area contributed by atoms with E-state index in [0.29, 0.717) is 11.4 Å². The summed E-state index contributed by atoms with van der Waals surface area (Å²) in [4.78, 5) is 41.4. The smallest absolute Gasteiger partial charge is 0.355 e. The first kappa shape index (κ1) is 16.8. The minimum Gasteiger partial charge on any atom is -0.448 e. The van der Waals surface area contributed by atoms with Crippen LogP contribution in [0, 0.1) is 0 Å². The number of H-pyrrole nitrogens is 1. The lowest BCUT2D eigenvalue weighted by molar-refractivity contribution is -0.128. The first-order valence-electron chi connectivity index (χ1n) is 8.52. The van der Waals surface area contributed by atoms with Gasteiger partial charge in [-0.3, -0.25) is 14.5 Å². The second kappa shape index (κ2) is 6.60. The molecule has 7 heteroatoms. The Morgan fingerprint density at radius 2 is 1.85 bits per heavy atom. The number of nitrogens with zero attached hydrogens (tertiary/aromatic N) is 1. The molecule has 1 atom stereocenters. The molecule has 27 heavy (non-hydrogen) atoms. The van der Waals surface area contributed by atoms with Crippen molar-refractivity contribution >= 4 is 40.1 Å². The minimum atomic E-state index is -1.04. The molecule has 0 saturated heterocycles. The fraction of sp³-hybridized carbons (Fsp3) is 0.150. The van der Waals surface area contributed by atoms with Crippen molar-refractivity contribution in [2.75, 3.05) is 16.8 Å². The fourth-order valence-corrected chi connectivity index (χ4v) is 3.11.